The first kappa shape index (κ1) is 14.8. The summed E-state index contributed by atoms with van der Waals surface area (Å²) >= 11 is 0. The third kappa shape index (κ3) is 2.93. The first-order chi connectivity index (χ1) is 9.56. The highest BCUT2D eigenvalue weighted by Crippen LogP contribution is 2.23. The van der Waals surface area contributed by atoms with Crippen molar-refractivity contribution in [3.63, 3.8) is 0 Å². The molecule has 1 saturated heterocycles. The lowest BCUT2D eigenvalue weighted by Gasteiger charge is -2.40. The van der Waals surface area contributed by atoms with Crippen molar-refractivity contribution in [3.8, 4) is 5.75 Å². The van der Waals surface area contributed by atoms with Crippen LogP contribution in [-0.4, -0.2) is 41.1 Å². The summed E-state index contributed by atoms with van der Waals surface area (Å²) in [6.45, 7) is 5.47. The molecule has 1 aromatic rings. The molecule has 0 aromatic heterocycles. The van der Waals surface area contributed by atoms with Gasteiger partial charge in [0, 0.05) is 31.2 Å². The second-order valence-corrected chi connectivity index (χ2v) is 5.19. The number of aromatic hydroxyl groups is 1. The number of halogens is 1. The number of nitrogens with zero attached hydrogens (tertiary/aromatic N) is 1. The van der Waals surface area contributed by atoms with E-state index in [2.05, 4.69) is 12.2 Å². The number of phenolic OH excluding ortho intramolecular Hbond substituents is 1. The maximum absolute atomic E-state index is 13.0. The second kappa shape index (κ2) is 6.22. The fourth-order valence-electron chi connectivity index (χ4n) is 2.59. The van der Waals surface area contributed by atoms with E-state index in [1.54, 1.807) is 4.90 Å². The van der Waals surface area contributed by atoms with Crippen LogP contribution in [0.1, 0.15) is 37.0 Å². The van der Waals surface area contributed by atoms with Gasteiger partial charge in [-0.1, -0.05) is 13.8 Å². The molecule has 1 aromatic carbocycles. The van der Waals surface area contributed by atoms with Crippen molar-refractivity contribution in [1.82, 2.24) is 10.2 Å². The molecule has 2 atom stereocenters. The quantitative estimate of drug-likeness (QED) is 0.892. The van der Waals surface area contributed by atoms with Crippen LogP contribution >= 0.6 is 0 Å². The molecular weight excluding hydrogens is 259 g/mol. The minimum atomic E-state index is -0.544. The van der Waals surface area contributed by atoms with Gasteiger partial charge in [-0.15, -0.1) is 0 Å². The van der Waals surface area contributed by atoms with E-state index < -0.39 is 5.82 Å². The van der Waals surface area contributed by atoms with Gasteiger partial charge in [0.15, 0.2) is 0 Å². The molecule has 20 heavy (non-hydrogen) atoms. The Kier molecular flexibility index (Phi) is 4.60. The Balaban J connectivity index is 2.24. The average Bonchev–Trinajstić information content (AvgIpc) is 2.46. The minimum Gasteiger partial charge on any atom is -0.507 e. The zero-order chi connectivity index (χ0) is 14.7. The molecule has 2 N–H and O–H groups in total. The average molecular weight is 280 g/mol. The van der Waals surface area contributed by atoms with Crippen molar-refractivity contribution in [3.05, 3.63) is 29.6 Å². The lowest BCUT2D eigenvalue weighted by molar-refractivity contribution is 0.0573. The number of hydrogen-bond donors (Lipinski definition) is 2. The first-order valence-corrected chi connectivity index (χ1v) is 7.09. The lowest BCUT2D eigenvalue weighted by Crippen LogP contribution is -2.57. The molecule has 2 unspecified atom stereocenters. The smallest absolute Gasteiger partial charge is 0.257 e. The maximum Gasteiger partial charge on any atom is 0.257 e. The molecule has 0 aliphatic carbocycles. The summed E-state index contributed by atoms with van der Waals surface area (Å²) in [7, 11) is 0. The van der Waals surface area contributed by atoms with E-state index >= 15 is 0 Å². The molecule has 1 fully saturated rings. The van der Waals surface area contributed by atoms with E-state index in [0.29, 0.717) is 6.54 Å². The lowest BCUT2D eigenvalue weighted by atomic mass is 10.0. The molecule has 110 valence electrons. The SMILES string of the molecule is CCC1CN(C(=O)c2ccc(F)cc2O)C(CC)CN1. The van der Waals surface area contributed by atoms with Gasteiger partial charge in [-0.25, -0.2) is 4.39 Å². The van der Waals surface area contributed by atoms with E-state index in [1.807, 2.05) is 6.92 Å². The van der Waals surface area contributed by atoms with Gasteiger partial charge in [0.2, 0.25) is 0 Å². The van der Waals surface area contributed by atoms with Gasteiger partial charge in [-0.3, -0.25) is 4.79 Å². The summed E-state index contributed by atoms with van der Waals surface area (Å²) in [5.74, 6) is -1.07. The fourth-order valence-corrected chi connectivity index (χ4v) is 2.59. The van der Waals surface area contributed by atoms with Crippen LogP contribution in [0.15, 0.2) is 18.2 Å². The van der Waals surface area contributed by atoms with Crippen LogP contribution in [0.2, 0.25) is 0 Å². The maximum atomic E-state index is 13.0. The number of amides is 1. The van der Waals surface area contributed by atoms with Crippen LogP contribution in [0.5, 0.6) is 5.75 Å². The highest BCUT2D eigenvalue weighted by Gasteiger charge is 2.31. The molecule has 1 aliphatic heterocycles. The van der Waals surface area contributed by atoms with Crippen LogP contribution in [0.3, 0.4) is 0 Å². The van der Waals surface area contributed by atoms with Crippen LogP contribution in [0, 0.1) is 5.82 Å². The molecule has 0 saturated carbocycles. The van der Waals surface area contributed by atoms with Gasteiger partial charge in [-0.05, 0) is 25.0 Å². The summed E-state index contributed by atoms with van der Waals surface area (Å²) < 4.78 is 13.0. The van der Waals surface area contributed by atoms with Crippen molar-refractivity contribution in [2.45, 2.75) is 38.8 Å². The van der Waals surface area contributed by atoms with Crippen molar-refractivity contribution >= 4 is 5.91 Å². The van der Waals surface area contributed by atoms with Crippen LogP contribution in [0.25, 0.3) is 0 Å². The number of nitrogens with one attached hydrogen (secondary N) is 1. The van der Waals surface area contributed by atoms with Crippen LogP contribution < -0.4 is 5.32 Å². The normalized spacial score (nSPS) is 22.9. The molecule has 0 bridgehead atoms. The zero-order valence-corrected chi connectivity index (χ0v) is 11.9. The Labute approximate surface area is 118 Å². The molecule has 1 amide bonds. The van der Waals surface area contributed by atoms with E-state index in [9.17, 15) is 14.3 Å². The Morgan fingerprint density at radius 3 is 2.80 bits per heavy atom. The van der Waals surface area contributed by atoms with Gasteiger partial charge in [-0.2, -0.15) is 0 Å². The fraction of sp³-hybridized carbons (Fsp3) is 0.533. The molecule has 1 aliphatic rings. The number of hydrogen-bond acceptors (Lipinski definition) is 3. The highest BCUT2D eigenvalue weighted by atomic mass is 19.1. The topological polar surface area (TPSA) is 52.6 Å². The first-order valence-electron chi connectivity index (χ1n) is 7.09. The second-order valence-electron chi connectivity index (χ2n) is 5.19. The predicted molar refractivity (Wildman–Crippen MR) is 75.3 cm³/mol. The standard InChI is InChI=1S/C15H21FN2O2/c1-3-11-9-18(12(4-2)8-17-11)15(20)13-6-5-10(16)7-14(13)19/h5-7,11-12,17,19H,3-4,8-9H2,1-2H3. The van der Waals surface area contributed by atoms with Gasteiger partial charge in [0.25, 0.3) is 5.91 Å². The van der Waals surface area contributed by atoms with E-state index in [1.165, 1.54) is 12.1 Å². The third-order valence-electron chi connectivity index (χ3n) is 3.92. The number of piperazine rings is 1. The molecule has 0 radical (unpaired) electrons. The molecule has 1 heterocycles. The number of carbonyl (C=O) groups excluding carboxylic acids is 1. The highest BCUT2D eigenvalue weighted by molar-refractivity contribution is 5.97. The van der Waals surface area contributed by atoms with Gasteiger partial charge < -0.3 is 15.3 Å². The van der Waals surface area contributed by atoms with Crippen molar-refractivity contribution in [2.75, 3.05) is 13.1 Å². The Hall–Kier alpha value is -1.62. The van der Waals surface area contributed by atoms with Crippen molar-refractivity contribution in [1.29, 1.82) is 0 Å². The van der Waals surface area contributed by atoms with Gasteiger partial charge >= 0.3 is 0 Å². The largest absolute Gasteiger partial charge is 0.507 e. The number of rotatable bonds is 3. The zero-order valence-electron chi connectivity index (χ0n) is 11.9. The van der Waals surface area contributed by atoms with E-state index in [4.69, 9.17) is 0 Å². The van der Waals surface area contributed by atoms with E-state index in [0.717, 1.165) is 25.5 Å². The monoisotopic (exact) mass is 280 g/mol. The molecule has 5 heteroatoms. The minimum absolute atomic E-state index is 0.106. The molecule has 0 spiro atoms. The van der Waals surface area contributed by atoms with Crippen molar-refractivity contribution < 1.29 is 14.3 Å². The molecule has 2 rings (SSSR count). The van der Waals surface area contributed by atoms with Crippen LogP contribution in [0.4, 0.5) is 4.39 Å². The van der Waals surface area contributed by atoms with Gasteiger partial charge in [0.1, 0.15) is 11.6 Å². The summed E-state index contributed by atoms with van der Waals surface area (Å²) in [4.78, 5) is 14.4. The summed E-state index contributed by atoms with van der Waals surface area (Å²) in [5.41, 5.74) is 0.168. The summed E-state index contributed by atoms with van der Waals surface area (Å²) in [6, 6.07) is 3.91. The summed E-state index contributed by atoms with van der Waals surface area (Å²) in [6.07, 6.45) is 1.78. The number of carbonyl (C=O) groups is 1. The Morgan fingerprint density at radius 2 is 2.20 bits per heavy atom. The third-order valence-corrected chi connectivity index (χ3v) is 3.92. The number of phenols is 1. The summed E-state index contributed by atoms with van der Waals surface area (Å²) in [5, 5.41) is 13.2. The van der Waals surface area contributed by atoms with Crippen molar-refractivity contribution in [2.24, 2.45) is 0 Å². The van der Waals surface area contributed by atoms with E-state index in [-0.39, 0.29) is 29.3 Å². The Morgan fingerprint density at radius 1 is 1.45 bits per heavy atom. The number of benzene rings is 1. The molecule has 4 nitrogen and oxygen atoms in total. The van der Waals surface area contributed by atoms with Crippen LogP contribution in [-0.2, 0) is 0 Å². The predicted octanol–water partition coefficient (Wildman–Crippen LogP) is 2.13. The van der Waals surface area contributed by atoms with Gasteiger partial charge in [0.05, 0.1) is 5.56 Å². The Bertz CT molecular complexity index is 493. The molecular formula is C15H21FN2O2.